The molecule has 0 saturated carbocycles. The molecule has 0 aliphatic rings. The van der Waals surface area contributed by atoms with Gasteiger partial charge < -0.3 is 15.3 Å². The van der Waals surface area contributed by atoms with Gasteiger partial charge in [-0.05, 0) is 44.0 Å². The van der Waals surface area contributed by atoms with Crippen molar-refractivity contribution in [2.24, 2.45) is 5.92 Å². The third-order valence-corrected chi connectivity index (χ3v) is 3.54. The van der Waals surface area contributed by atoms with Gasteiger partial charge in [0.1, 0.15) is 12.4 Å². The molecule has 1 aromatic rings. The molecule has 0 aliphatic heterocycles. The Morgan fingerprint density at radius 3 is 2.22 bits per heavy atom. The van der Waals surface area contributed by atoms with Crippen molar-refractivity contribution in [2.45, 2.75) is 46.3 Å². The quantitative estimate of drug-likeness (QED) is 0.809. The van der Waals surface area contributed by atoms with Crippen molar-refractivity contribution in [1.82, 2.24) is 4.90 Å². The van der Waals surface area contributed by atoms with Gasteiger partial charge in [-0.3, -0.25) is 9.59 Å². The number of rotatable bonds is 7. The topological polar surface area (TPSA) is 69.6 Å². The first kappa shape index (κ1) is 19.1. The number of hydrogen-bond donors (Lipinski definition) is 2. The van der Waals surface area contributed by atoms with E-state index in [0.29, 0.717) is 5.69 Å². The van der Waals surface area contributed by atoms with Crippen LogP contribution in [0.4, 0.5) is 10.1 Å². The Balaban J connectivity index is 2.66. The monoisotopic (exact) mass is 324 g/mol. The summed E-state index contributed by atoms with van der Waals surface area (Å²) >= 11 is 0. The highest BCUT2D eigenvalue weighted by molar-refractivity contribution is 5.94. The SMILES string of the molecule is CC(C)C(O)CC(=O)N(CC(=O)Nc1ccc(F)cc1)C(C)C. The maximum Gasteiger partial charge on any atom is 0.244 e. The van der Waals surface area contributed by atoms with Gasteiger partial charge >= 0.3 is 0 Å². The van der Waals surface area contributed by atoms with Gasteiger partial charge in [0.15, 0.2) is 0 Å². The smallest absolute Gasteiger partial charge is 0.244 e. The summed E-state index contributed by atoms with van der Waals surface area (Å²) in [5, 5.41) is 12.5. The van der Waals surface area contributed by atoms with E-state index in [2.05, 4.69) is 5.32 Å². The van der Waals surface area contributed by atoms with E-state index >= 15 is 0 Å². The van der Waals surface area contributed by atoms with Crippen LogP contribution in [0.2, 0.25) is 0 Å². The standard InChI is InChI=1S/C17H25FN2O3/c1-11(2)15(21)9-17(23)20(12(3)4)10-16(22)19-14-7-5-13(18)6-8-14/h5-8,11-12,15,21H,9-10H2,1-4H3,(H,19,22). The lowest BCUT2D eigenvalue weighted by Crippen LogP contribution is -2.43. The van der Waals surface area contributed by atoms with Crippen LogP contribution >= 0.6 is 0 Å². The van der Waals surface area contributed by atoms with Gasteiger partial charge in [0.2, 0.25) is 11.8 Å². The molecule has 1 rings (SSSR count). The molecule has 2 N–H and O–H groups in total. The van der Waals surface area contributed by atoms with E-state index in [4.69, 9.17) is 0 Å². The van der Waals surface area contributed by atoms with Crippen molar-refractivity contribution in [3.63, 3.8) is 0 Å². The average molecular weight is 324 g/mol. The summed E-state index contributed by atoms with van der Waals surface area (Å²) in [5.74, 6) is -1.04. The van der Waals surface area contributed by atoms with E-state index in [9.17, 15) is 19.1 Å². The van der Waals surface area contributed by atoms with Gasteiger partial charge in [-0.25, -0.2) is 4.39 Å². The molecular weight excluding hydrogens is 299 g/mol. The number of aliphatic hydroxyl groups is 1. The fourth-order valence-electron chi connectivity index (χ4n) is 1.98. The van der Waals surface area contributed by atoms with Crippen LogP contribution in [0, 0.1) is 11.7 Å². The van der Waals surface area contributed by atoms with E-state index in [0.717, 1.165) is 0 Å². The van der Waals surface area contributed by atoms with Gasteiger partial charge in [-0.2, -0.15) is 0 Å². The molecule has 5 nitrogen and oxygen atoms in total. The molecule has 0 spiro atoms. The van der Waals surface area contributed by atoms with Crippen molar-refractivity contribution in [3.05, 3.63) is 30.1 Å². The second-order valence-corrected chi connectivity index (χ2v) is 6.19. The molecule has 1 unspecified atom stereocenters. The number of halogens is 1. The second-order valence-electron chi connectivity index (χ2n) is 6.19. The highest BCUT2D eigenvalue weighted by atomic mass is 19.1. The Labute approximate surface area is 136 Å². The summed E-state index contributed by atoms with van der Waals surface area (Å²) in [6, 6.07) is 5.25. The molecule has 0 fully saturated rings. The molecule has 1 atom stereocenters. The zero-order valence-electron chi connectivity index (χ0n) is 14.0. The molecule has 0 aliphatic carbocycles. The Morgan fingerprint density at radius 1 is 1.17 bits per heavy atom. The summed E-state index contributed by atoms with van der Waals surface area (Å²) in [5.41, 5.74) is 0.467. The maximum atomic E-state index is 12.8. The minimum atomic E-state index is -0.732. The van der Waals surface area contributed by atoms with E-state index in [1.807, 2.05) is 27.7 Å². The zero-order chi connectivity index (χ0) is 17.6. The number of benzene rings is 1. The number of carbonyl (C=O) groups excluding carboxylic acids is 2. The highest BCUT2D eigenvalue weighted by Gasteiger charge is 2.23. The number of carbonyl (C=O) groups is 2. The van der Waals surface area contributed by atoms with E-state index in [1.165, 1.54) is 29.2 Å². The number of nitrogens with zero attached hydrogens (tertiary/aromatic N) is 1. The van der Waals surface area contributed by atoms with Gasteiger partial charge in [-0.15, -0.1) is 0 Å². The fraction of sp³-hybridized carbons (Fsp3) is 0.529. The van der Waals surface area contributed by atoms with Crippen molar-refractivity contribution in [3.8, 4) is 0 Å². The lowest BCUT2D eigenvalue weighted by atomic mass is 10.0. The Morgan fingerprint density at radius 2 is 1.74 bits per heavy atom. The van der Waals surface area contributed by atoms with Crippen molar-refractivity contribution < 1.29 is 19.1 Å². The summed E-state index contributed by atoms with van der Waals surface area (Å²) in [7, 11) is 0. The third kappa shape index (κ3) is 6.36. The minimum absolute atomic E-state index is 0.0142. The largest absolute Gasteiger partial charge is 0.392 e. The average Bonchev–Trinajstić information content (AvgIpc) is 2.46. The summed E-state index contributed by atoms with van der Waals surface area (Å²) in [4.78, 5) is 25.8. The van der Waals surface area contributed by atoms with Crippen LogP contribution in [0.25, 0.3) is 0 Å². The lowest BCUT2D eigenvalue weighted by molar-refractivity contribution is -0.138. The summed E-state index contributed by atoms with van der Waals surface area (Å²) < 4.78 is 12.8. The van der Waals surface area contributed by atoms with Crippen LogP contribution < -0.4 is 5.32 Å². The van der Waals surface area contributed by atoms with Crippen LogP contribution in [-0.4, -0.2) is 40.5 Å². The van der Waals surface area contributed by atoms with Gasteiger partial charge in [0.25, 0.3) is 0 Å². The second kappa shape index (κ2) is 8.62. The van der Waals surface area contributed by atoms with E-state index in [-0.39, 0.29) is 42.6 Å². The van der Waals surface area contributed by atoms with Gasteiger partial charge in [0.05, 0.1) is 12.5 Å². The van der Waals surface area contributed by atoms with Crippen LogP contribution in [0.1, 0.15) is 34.1 Å². The summed E-state index contributed by atoms with van der Waals surface area (Å²) in [6.07, 6.45) is -0.747. The fourth-order valence-corrected chi connectivity index (χ4v) is 1.98. The molecule has 23 heavy (non-hydrogen) atoms. The van der Waals surface area contributed by atoms with Crippen molar-refractivity contribution >= 4 is 17.5 Å². The minimum Gasteiger partial charge on any atom is -0.392 e. The van der Waals surface area contributed by atoms with Crippen LogP contribution in [-0.2, 0) is 9.59 Å². The first-order chi connectivity index (χ1) is 10.7. The number of hydrogen-bond acceptors (Lipinski definition) is 3. The van der Waals surface area contributed by atoms with E-state index < -0.39 is 6.10 Å². The van der Waals surface area contributed by atoms with Crippen molar-refractivity contribution in [2.75, 3.05) is 11.9 Å². The molecular formula is C17H25FN2O3. The van der Waals surface area contributed by atoms with Crippen LogP contribution in [0.15, 0.2) is 24.3 Å². The number of nitrogens with one attached hydrogen (secondary N) is 1. The zero-order valence-corrected chi connectivity index (χ0v) is 14.0. The number of amides is 2. The predicted octanol–water partition coefficient (Wildman–Crippen LogP) is 2.41. The third-order valence-electron chi connectivity index (χ3n) is 3.54. The molecule has 1 aromatic carbocycles. The molecule has 0 saturated heterocycles. The normalized spacial score (nSPS) is 12.3. The lowest BCUT2D eigenvalue weighted by Gasteiger charge is -2.27. The number of aliphatic hydroxyl groups excluding tert-OH is 1. The predicted molar refractivity (Wildman–Crippen MR) is 87.3 cm³/mol. The Hall–Kier alpha value is -1.95. The number of anilines is 1. The van der Waals surface area contributed by atoms with Gasteiger partial charge in [0, 0.05) is 11.7 Å². The highest BCUT2D eigenvalue weighted by Crippen LogP contribution is 2.12. The first-order valence-corrected chi connectivity index (χ1v) is 7.73. The Bertz CT molecular complexity index is 529. The molecule has 128 valence electrons. The molecule has 0 bridgehead atoms. The molecule has 2 amide bonds. The Kier molecular flexibility index (Phi) is 7.16. The van der Waals surface area contributed by atoms with E-state index in [1.54, 1.807) is 0 Å². The molecule has 0 radical (unpaired) electrons. The van der Waals surface area contributed by atoms with Crippen LogP contribution in [0.5, 0.6) is 0 Å². The van der Waals surface area contributed by atoms with Gasteiger partial charge in [-0.1, -0.05) is 13.8 Å². The molecule has 0 aromatic heterocycles. The van der Waals surface area contributed by atoms with Crippen LogP contribution in [0.3, 0.4) is 0 Å². The first-order valence-electron chi connectivity index (χ1n) is 7.73. The molecule has 6 heteroatoms. The van der Waals surface area contributed by atoms with Crippen molar-refractivity contribution in [1.29, 1.82) is 0 Å². The molecule has 0 heterocycles. The maximum absolute atomic E-state index is 12.8. The summed E-state index contributed by atoms with van der Waals surface area (Å²) in [6.45, 7) is 7.17.